The van der Waals surface area contributed by atoms with Gasteiger partial charge in [-0.15, -0.1) is 0 Å². The highest BCUT2D eigenvalue weighted by Gasteiger charge is 2.20. The van der Waals surface area contributed by atoms with Gasteiger partial charge in [0.2, 0.25) is 5.78 Å². The van der Waals surface area contributed by atoms with Crippen molar-refractivity contribution in [2.45, 2.75) is 13.8 Å². The quantitative estimate of drug-likeness (QED) is 0.456. The Balaban J connectivity index is 1.78. The van der Waals surface area contributed by atoms with Crippen molar-refractivity contribution < 1.29 is 0 Å². The molecule has 0 radical (unpaired) electrons. The molecular formula is C22H17N7. The summed E-state index contributed by atoms with van der Waals surface area (Å²) >= 11 is 0. The van der Waals surface area contributed by atoms with Gasteiger partial charge in [0.25, 0.3) is 0 Å². The first kappa shape index (κ1) is 16.0. The summed E-state index contributed by atoms with van der Waals surface area (Å²) < 4.78 is 6.42. The third-order valence-electron chi connectivity index (χ3n) is 5.37. The van der Waals surface area contributed by atoms with Gasteiger partial charge in [-0.3, -0.25) is 13.5 Å². The largest absolute Gasteiger partial charge is 0.283 e. The number of fused-ring (bicyclic) bond motifs is 4. The van der Waals surface area contributed by atoms with Gasteiger partial charge < -0.3 is 0 Å². The Kier molecular flexibility index (Phi) is 3.17. The van der Waals surface area contributed by atoms with Crippen LogP contribution >= 0.6 is 0 Å². The van der Waals surface area contributed by atoms with Gasteiger partial charge in [0.05, 0.1) is 28.6 Å². The van der Waals surface area contributed by atoms with E-state index >= 15 is 0 Å². The summed E-state index contributed by atoms with van der Waals surface area (Å²) in [6, 6.07) is 14.6. The first-order valence-electron chi connectivity index (χ1n) is 9.42. The average Bonchev–Trinajstić information content (AvgIpc) is 3.40. The lowest BCUT2D eigenvalue weighted by Gasteiger charge is -2.17. The topological polar surface area (TPSA) is 65.8 Å². The Bertz CT molecular complexity index is 1530. The smallest absolute Gasteiger partial charge is 0.219 e. The van der Waals surface area contributed by atoms with Gasteiger partial charge in [-0.05, 0) is 37.6 Å². The van der Waals surface area contributed by atoms with Crippen LogP contribution in [0.15, 0.2) is 67.4 Å². The number of benzene rings is 2. The van der Waals surface area contributed by atoms with E-state index in [4.69, 9.17) is 0 Å². The van der Waals surface area contributed by atoms with Crippen molar-refractivity contribution in [3.05, 3.63) is 78.8 Å². The van der Waals surface area contributed by atoms with Gasteiger partial charge in [-0.2, -0.15) is 0 Å². The molecule has 6 aromatic rings. The number of hydrogen-bond donors (Lipinski definition) is 0. The Morgan fingerprint density at radius 2 is 1.72 bits per heavy atom. The van der Waals surface area contributed by atoms with E-state index in [0.717, 1.165) is 50.7 Å². The molecular weight excluding hydrogens is 362 g/mol. The minimum Gasteiger partial charge on any atom is -0.283 e. The third-order valence-corrected chi connectivity index (χ3v) is 5.37. The molecule has 0 saturated heterocycles. The van der Waals surface area contributed by atoms with Crippen LogP contribution in [0.1, 0.15) is 11.4 Å². The van der Waals surface area contributed by atoms with Gasteiger partial charge in [0, 0.05) is 12.4 Å². The molecule has 7 heteroatoms. The highest BCUT2D eigenvalue weighted by molar-refractivity contribution is 5.85. The zero-order valence-corrected chi connectivity index (χ0v) is 16.0. The lowest BCUT2D eigenvalue weighted by molar-refractivity contribution is 0.956. The molecule has 29 heavy (non-hydrogen) atoms. The van der Waals surface area contributed by atoms with Crippen LogP contribution in [0, 0.1) is 13.8 Å². The molecule has 0 atom stereocenters. The van der Waals surface area contributed by atoms with Crippen molar-refractivity contribution in [1.82, 2.24) is 33.5 Å². The van der Waals surface area contributed by atoms with Crippen LogP contribution < -0.4 is 0 Å². The van der Waals surface area contributed by atoms with Crippen molar-refractivity contribution in [3.8, 4) is 11.4 Å². The van der Waals surface area contributed by atoms with Crippen LogP contribution in [-0.4, -0.2) is 33.5 Å². The highest BCUT2D eigenvalue weighted by Crippen LogP contribution is 2.32. The number of rotatable bonds is 2. The first-order valence-corrected chi connectivity index (χ1v) is 9.42. The molecule has 0 N–H and O–H groups in total. The fourth-order valence-corrected chi connectivity index (χ4v) is 4.18. The maximum absolute atomic E-state index is 4.66. The van der Waals surface area contributed by atoms with E-state index in [-0.39, 0.29) is 0 Å². The van der Waals surface area contributed by atoms with E-state index in [1.165, 1.54) is 0 Å². The van der Waals surface area contributed by atoms with Crippen LogP contribution in [0.5, 0.6) is 0 Å². The zero-order chi connectivity index (χ0) is 19.5. The van der Waals surface area contributed by atoms with E-state index in [1.54, 1.807) is 12.5 Å². The molecule has 2 aromatic carbocycles. The molecule has 0 amide bonds. The summed E-state index contributed by atoms with van der Waals surface area (Å²) in [5.41, 5.74) is 7.00. The SMILES string of the molecule is Cc1cccc(-n2c(C)nc3cncnc32)c1-n1c2ccccc2n2ccnc12. The van der Waals surface area contributed by atoms with Crippen LogP contribution in [0.4, 0.5) is 0 Å². The normalized spacial score (nSPS) is 11.8. The number of imidazole rings is 3. The summed E-state index contributed by atoms with van der Waals surface area (Å²) in [5, 5.41) is 0. The molecule has 0 spiro atoms. The van der Waals surface area contributed by atoms with Crippen LogP contribution in [0.3, 0.4) is 0 Å². The molecule has 4 heterocycles. The fraction of sp³-hybridized carbons (Fsp3) is 0.0909. The van der Waals surface area contributed by atoms with Crippen LogP contribution in [0.25, 0.3) is 39.3 Å². The lowest BCUT2D eigenvalue weighted by Crippen LogP contribution is -2.07. The molecule has 0 unspecified atom stereocenters. The molecule has 0 fully saturated rings. The van der Waals surface area contributed by atoms with Gasteiger partial charge in [-0.1, -0.05) is 24.3 Å². The number of para-hydroxylation sites is 3. The molecule has 4 aromatic heterocycles. The molecule has 7 nitrogen and oxygen atoms in total. The van der Waals surface area contributed by atoms with Crippen LogP contribution in [0.2, 0.25) is 0 Å². The molecule has 0 bridgehead atoms. The maximum Gasteiger partial charge on any atom is 0.219 e. The summed E-state index contributed by atoms with van der Waals surface area (Å²) in [4.78, 5) is 17.9. The van der Waals surface area contributed by atoms with E-state index in [2.05, 4.69) is 82.9 Å². The van der Waals surface area contributed by atoms with E-state index in [9.17, 15) is 0 Å². The molecule has 140 valence electrons. The average molecular weight is 379 g/mol. The highest BCUT2D eigenvalue weighted by atomic mass is 15.2. The Labute approximate surface area is 165 Å². The summed E-state index contributed by atoms with van der Waals surface area (Å²) in [5.74, 6) is 1.74. The number of aromatic nitrogens is 7. The molecule has 0 aliphatic carbocycles. The van der Waals surface area contributed by atoms with Crippen molar-refractivity contribution in [2.24, 2.45) is 0 Å². The number of aryl methyl sites for hydroxylation is 2. The van der Waals surface area contributed by atoms with E-state index in [0.29, 0.717) is 0 Å². The van der Waals surface area contributed by atoms with Gasteiger partial charge in [-0.25, -0.2) is 19.9 Å². The van der Waals surface area contributed by atoms with Crippen molar-refractivity contribution in [3.63, 3.8) is 0 Å². The zero-order valence-electron chi connectivity index (χ0n) is 16.0. The minimum absolute atomic E-state index is 0.778. The number of nitrogens with zero attached hydrogens (tertiary/aromatic N) is 7. The standard InChI is InChI=1S/C22H17N7/c1-14-6-5-9-19(28-15(2)26-16-12-23-13-25-21(16)28)20(14)29-18-8-4-3-7-17(18)27-11-10-24-22(27)29/h3-13H,1-2H3. The lowest BCUT2D eigenvalue weighted by atomic mass is 10.1. The van der Waals surface area contributed by atoms with Gasteiger partial charge >= 0.3 is 0 Å². The molecule has 0 aliphatic heterocycles. The second kappa shape index (κ2) is 5.75. The third kappa shape index (κ3) is 2.12. The van der Waals surface area contributed by atoms with E-state index in [1.807, 2.05) is 19.3 Å². The maximum atomic E-state index is 4.66. The van der Waals surface area contributed by atoms with E-state index < -0.39 is 0 Å². The van der Waals surface area contributed by atoms with Crippen molar-refractivity contribution in [2.75, 3.05) is 0 Å². The van der Waals surface area contributed by atoms with Crippen molar-refractivity contribution >= 4 is 28.0 Å². The predicted octanol–water partition coefficient (Wildman–Crippen LogP) is 4.02. The predicted molar refractivity (Wildman–Crippen MR) is 112 cm³/mol. The number of hydrogen-bond acceptors (Lipinski definition) is 4. The molecule has 0 aliphatic rings. The fourth-order valence-electron chi connectivity index (χ4n) is 4.18. The van der Waals surface area contributed by atoms with Gasteiger partial charge in [0.15, 0.2) is 5.65 Å². The Morgan fingerprint density at radius 3 is 2.62 bits per heavy atom. The first-order chi connectivity index (χ1) is 14.2. The van der Waals surface area contributed by atoms with Crippen LogP contribution in [-0.2, 0) is 0 Å². The second-order valence-corrected chi connectivity index (χ2v) is 7.09. The monoisotopic (exact) mass is 379 g/mol. The Hall–Kier alpha value is -4.00. The van der Waals surface area contributed by atoms with Gasteiger partial charge in [0.1, 0.15) is 17.7 Å². The minimum atomic E-state index is 0.778. The molecule has 0 saturated carbocycles. The second-order valence-electron chi connectivity index (χ2n) is 7.09. The molecule has 6 rings (SSSR count). The summed E-state index contributed by atoms with van der Waals surface area (Å²) in [6.45, 7) is 4.11. The van der Waals surface area contributed by atoms with Crippen molar-refractivity contribution in [1.29, 1.82) is 0 Å². The summed E-state index contributed by atoms with van der Waals surface area (Å²) in [7, 11) is 0. The Morgan fingerprint density at radius 1 is 0.862 bits per heavy atom. The summed E-state index contributed by atoms with van der Waals surface area (Å²) in [6.07, 6.45) is 7.14.